The molecule has 0 spiro atoms. The van der Waals surface area contributed by atoms with Gasteiger partial charge in [0.2, 0.25) is 0 Å². The third-order valence-electron chi connectivity index (χ3n) is 3.06. The van der Waals surface area contributed by atoms with Gasteiger partial charge in [-0.15, -0.1) is 22.0 Å². The number of imidazole rings is 1. The molecule has 0 aliphatic carbocycles. The molecule has 4 nitrogen and oxygen atoms in total. The van der Waals surface area contributed by atoms with Crippen LogP contribution in [0.3, 0.4) is 0 Å². The van der Waals surface area contributed by atoms with E-state index in [2.05, 4.69) is 15.2 Å². The van der Waals surface area contributed by atoms with Gasteiger partial charge in [-0.25, -0.2) is 4.98 Å². The summed E-state index contributed by atoms with van der Waals surface area (Å²) < 4.78 is 40.5. The van der Waals surface area contributed by atoms with Crippen LogP contribution in [0.4, 0.5) is 13.2 Å². The van der Waals surface area contributed by atoms with Crippen LogP contribution in [0.1, 0.15) is 10.7 Å². The SMILES string of the molecule is CSc1ccc(-n2cc(C(F)(F)F)nc2-c2nnc(C)s2)cc1. The van der Waals surface area contributed by atoms with Gasteiger partial charge in [0.1, 0.15) is 5.01 Å². The third-order valence-corrected chi connectivity index (χ3v) is 4.64. The summed E-state index contributed by atoms with van der Waals surface area (Å²) in [6, 6.07) is 7.21. The van der Waals surface area contributed by atoms with Crippen LogP contribution in [0.15, 0.2) is 35.4 Å². The highest BCUT2D eigenvalue weighted by Crippen LogP contribution is 2.33. The molecule has 1 aromatic carbocycles. The highest BCUT2D eigenvalue weighted by atomic mass is 32.2. The summed E-state index contributed by atoms with van der Waals surface area (Å²) in [5.74, 6) is 0.139. The molecule has 0 aliphatic rings. The molecule has 0 radical (unpaired) electrons. The van der Waals surface area contributed by atoms with E-state index in [1.165, 1.54) is 15.9 Å². The van der Waals surface area contributed by atoms with Gasteiger partial charge in [0.15, 0.2) is 16.5 Å². The zero-order valence-corrected chi connectivity index (χ0v) is 13.8. The Morgan fingerprint density at radius 1 is 1.13 bits per heavy atom. The Hall–Kier alpha value is -1.87. The van der Waals surface area contributed by atoms with Crippen molar-refractivity contribution in [3.8, 4) is 16.5 Å². The molecule has 0 fully saturated rings. The topological polar surface area (TPSA) is 43.6 Å². The molecule has 0 unspecified atom stereocenters. The molecule has 0 aliphatic heterocycles. The van der Waals surface area contributed by atoms with Crippen LogP contribution in [0.2, 0.25) is 0 Å². The molecule has 0 atom stereocenters. The highest BCUT2D eigenvalue weighted by molar-refractivity contribution is 7.98. The van der Waals surface area contributed by atoms with E-state index in [-0.39, 0.29) is 5.82 Å². The molecule has 0 amide bonds. The normalized spacial score (nSPS) is 11.9. The van der Waals surface area contributed by atoms with Crippen molar-refractivity contribution in [1.82, 2.24) is 19.7 Å². The molecular formula is C14H11F3N4S2. The lowest BCUT2D eigenvalue weighted by Gasteiger charge is -2.06. The van der Waals surface area contributed by atoms with Crippen molar-refractivity contribution in [2.75, 3.05) is 6.26 Å². The average molecular weight is 356 g/mol. The quantitative estimate of drug-likeness (QED) is 0.651. The number of halogens is 3. The lowest BCUT2D eigenvalue weighted by atomic mass is 10.3. The fourth-order valence-corrected chi connectivity index (χ4v) is 3.08. The van der Waals surface area contributed by atoms with Crippen molar-refractivity contribution < 1.29 is 13.2 Å². The van der Waals surface area contributed by atoms with Crippen LogP contribution in [0.25, 0.3) is 16.5 Å². The Morgan fingerprint density at radius 3 is 2.35 bits per heavy atom. The van der Waals surface area contributed by atoms with Crippen LogP contribution in [-0.4, -0.2) is 26.0 Å². The fraction of sp³-hybridized carbons (Fsp3) is 0.214. The molecular weight excluding hydrogens is 345 g/mol. The molecule has 0 saturated heterocycles. The summed E-state index contributed by atoms with van der Waals surface area (Å²) >= 11 is 2.77. The van der Waals surface area contributed by atoms with E-state index in [4.69, 9.17) is 0 Å². The van der Waals surface area contributed by atoms with Gasteiger partial charge >= 0.3 is 6.18 Å². The zero-order chi connectivity index (χ0) is 16.6. The van der Waals surface area contributed by atoms with E-state index < -0.39 is 11.9 Å². The number of rotatable bonds is 3. The van der Waals surface area contributed by atoms with Gasteiger partial charge in [-0.1, -0.05) is 11.3 Å². The second-order valence-electron chi connectivity index (χ2n) is 4.64. The molecule has 0 bridgehead atoms. The Bertz CT molecular complexity index is 821. The Morgan fingerprint density at radius 2 is 1.83 bits per heavy atom. The standard InChI is InChI=1S/C14H11F3N4S2/c1-8-19-20-13(23-8)12-18-11(14(15,16)17)7-21(12)9-3-5-10(22-2)6-4-9/h3-7H,1-2H3. The summed E-state index contributed by atoms with van der Waals surface area (Å²) in [4.78, 5) is 4.75. The molecule has 0 N–H and O–H groups in total. The summed E-state index contributed by atoms with van der Waals surface area (Å²) in [5.41, 5.74) is -0.358. The van der Waals surface area contributed by atoms with Gasteiger partial charge in [-0.3, -0.25) is 4.57 Å². The largest absolute Gasteiger partial charge is 0.434 e. The van der Waals surface area contributed by atoms with Crippen LogP contribution >= 0.6 is 23.1 Å². The fourth-order valence-electron chi connectivity index (χ4n) is 1.99. The van der Waals surface area contributed by atoms with E-state index in [1.807, 2.05) is 18.4 Å². The minimum Gasteiger partial charge on any atom is -0.297 e. The predicted molar refractivity (Wildman–Crippen MR) is 84.0 cm³/mol. The predicted octanol–water partition coefficient (Wildman–Crippen LogP) is 4.44. The van der Waals surface area contributed by atoms with E-state index in [0.29, 0.717) is 15.7 Å². The van der Waals surface area contributed by atoms with Gasteiger partial charge in [-0.2, -0.15) is 13.2 Å². The first-order valence-electron chi connectivity index (χ1n) is 6.50. The van der Waals surface area contributed by atoms with Crippen LogP contribution in [-0.2, 0) is 6.18 Å². The Kier molecular flexibility index (Phi) is 4.15. The van der Waals surface area contributed by atoms with Crippen LogP contribution < -0.4 is 0 Å². The number of alkyl halides is 3. The maximum atomic E-state index is 13.0. The number of aryl methyl sites for hydroxylation is 1. The molecule has 9 heteroatoms. The zero-order valence-electron chi connectivity index (χ0n) is 12.1. The smallest absolute Gasteiger partial charge is 0.297 e. The number of hydrogen-bond donors (Lipinski definition) is 0. The average Bonchev–Trinajstić information content (AvgIpc) is 3.13. The third kappa shape index (κ3) is 3.25. The first-order valence-corrected chi connectivity index (χ1v) is 8.54. The van der Waals surface area contributed by atoms with E-state index in [1.54, 1.807) is 30.8 Å². The van der Waals surface area contributed by atoms with Crippen molar-refractivity contribution in [3.63, 3.8) is 0 Å². The molecule has 3 rings (SSSR count). The monoisotopic (exact) mass is 356 g/mol. The van der Waals surface area contributed by atoms with Crippen molar-refractivity contribution >= 4 is 23.1 Å². The second-order valence-corrected chi connectivity index (χ2v) is 6.70. The molecule has 2 heterocycles. The molecule has 0 saturated carbocycles. The van der Waals surface area contributed by atoms with E-state index in [9.17, 15) is 13.2 Å². The van der Waals surface area contributed by atoms with Gasteiger partial charge in [0.25, 0.3) is 0 Å². The number of benzene rings is 1. The lowest BCUT2D eigenvalue weighted by molar-refractivity contribution is -0.140. The van der Waals surface area contributed by atoms with Gasteiger partial charge in [0.05, 0.1) is 0 Å². The summed E-state index contributed by atoms with van der Waals surface area (Å²) in [7, 11) is 0. The summed E-state index contributed by atoms with van der Waals surface area (Å²) in [6.07, 6.45) is -1.59. The van der Waals surface area contributed by atoms with E-state index in [0.717, 1.165) is 11.1 Å². The Balaban J connectivity index is 2.15. The first kappa shape index (κ1) is 16.0. The van der Waals surface area contributed by atoms with Gasteiger partial charge < -0.3 is 0 Å². The summed E-state index contributed by atoms with van der Waals surface area (Å²) in [5, 5.41) is 8.79. The first-order chi connectivity index (χ1) is 10.9. The Labute approximate surface area is 138 Å². The van der Waals surface area contributed by atoms with Crippen molar-refractivity contribution in [2.24, 2.45) is 0 Å². The number of hydrogen-bond acceptors (Lipinski definition) is 5. The second kappa shape index (κ2) is 5.97. The maximum Gasteiger partial charge on any atom is 0.434 e. The lowest BCUT2D eigenvalue weighted by Crippen LogP contribution is -2.04. The van der Waals surface area contributed by atoms with Crippen LogP contribution in [0, 0.1) is 6.92 Å². The van der Waals surface area contributed by atoms with E-state index >= 15 is 0 Å². The van der Waals surface area contributed by atoms with Crippen molar-refractivity contribution in [1.29, 1.82) is 0 Å². The molecule has 23 heavy (non-hydrogen) atoms. The summed E-state index contributed by atoms with van der Waals surface area (Å²) in [6.45, 7) is 1.74. The van der Waals surface area contributed by atoms with Gasteiger partial charge in [-0.05, 0) is 37.4 Å². The maximum absolute atomic E-state index is 13.0. The van der Waals surface area contributed by atoms with Crippen molar-refractivity contribution in [3.05, 3.63) is 41.2 Å². The number of aromatic nitrogens is 4. The molecule has 2 aromatic heterocycles. The van der Waals surface area contributed by atoms with Crippen LogP contribution in [0.5, 0.6) is 0 Å². The molecule has 3 aromatic rings. The number of thioether (sulfide) groups is 1. The minimum atomic E-state index is -4.51. The number of nitrogens with zero attached hydrogens (tertiary/aromatic N) is 4. The molecule has 120 valence electrons. The van der Waals surface area contributed by atoms with Crippen molar-refractivity contribution in [2.45, 2.75) is 18.0 Å². The highest BCUT2D eigenvalue weighted by Gasteiger charge is 2.35. The minimum absolute atomic E-state index is 0.139. The van der Waals surface area contributed by atoms with Gasteiger partial charge in [0, 0.05) is 16.8 Å².